The summed E-state index contributed by atoms with van der Waals surface area (Å²) in [7, 11) is 3.47. The van der Waals surface area contributed by atoms with Gasteiger partial charge in [-0.3, -0.25) is 14.4 Å². The Kier molecular flexibility index (Phi) is 15.3. The van der Waals surface area contributed by atoms with E-state index < -0.39 is 0 Å². The Morgan fingerprint density at radius 2 is 1.32 bits per heavy atom. The van der Waals surface area contributed by atoms with Crippen molar-refractivity contribution < 1.29 is 14.4 Å². The second kappa shape index (κ2) is 14.7. The van der Waals surface area contributed by atoms with E-state index in [1.165, 1.54) is 6.92 Å². The number of hydrogen-bond donors (Lipinski definition) is 3. The fourth-order valence-electron chi connectivity index (χ4n) is 2.00. The minimum atomic E-state index is -0.257. The third kappa shape index (κ3) is 11.4. The maximum atomic E-state index is 11.6. The number of carbonyl (C=O) groups excluding carboxylic acids is 3. The van der Waals surface area contributed by atoms with Crippen molar-refractivity contribution in [1.29, 1.82) is 0 Å². The molecule has 0 saturated heterocycles. The molecule has 0 aliphatic heterocycles. The SMILES string of the molecule is CC.CNC(CCCNC(=O)CCC(NC)C(C)=O)C(C)=O. The largest absolute Gasteiger partial charge is 0.356 e. The number of amides is 1. The van der Waals surface area contributed by atoms with Gasteiger partial charge in [0, 0.05) is 13.0 Å². The fraction of sp³-hybridized carbons (Fsp3) is 0.812. The highest BCUT2D eigenvalue weighted by atomic mass is 16.1. The van der Waals surface area contributed by atoms with Crippen LogP contribution in [0.2, 0.25) is 0 Å². The number of ketones is 2. The van der Waals surface area contributed by atoms with Crippen molar-refractivity contribution >= 4 is 17.5 Å². The molecule has 0 saturated carbocycles. The summed E-state index contributed by atoms with van der Waals surface area (Å²) in [6.45, 7) is 7.62. The van der Waals surface area contributed by atoms with E-state index in [9.17, 15) is 14.4 Å². The highest BCUT2D eigenvalue weighted by Crippen LogP contribution is 2.00. The summed E-state index contributed by atoms with van der Waals surface area (Å²) in [4.78, 5) is 34.0. The molecule has 3 N–H and O–H groups in total. The van der Waals surface area contributed by atoms with Crippen LogP contribution in [0.5, 0.6) is 0 Å². The van der Waals surface area contributed by atoms with Crippen molar-refractivity contribution in [2.45, 2.75) is 65.5 Å². The van der Waals surface area contributed by atoms with E-state index in [1.54, 1.807) is 21.0 Å². The van der Waals surface area contributed by atoms with Gasteiger partial charge in [-0.05, 0) is 47.2 Å². The van der Waals surface area contributed by atoms with Crippen LogP contribution in [0.4, 0.5) is 0 Å². The number of carbonyl (C=O) groups is 3. The first-order valence-electron chi connectivity index (χ1n) is 8.04. The normalized spacial score (nSPS) is 12.6. The lowest BCUT2D eigenvalue weighted by Crippen LogP contribution is -2.35. The first-order chi connectivity index (χ1) is 10.4. The Bertz CT molecular complexity index is 333. The van der Waals surface area contributed by atoms with Gasteiger partial charge in [0.05, 0.1) is 12.1 Å². The molecule has 22 heavy (non-hydrogen) atoms. The van der Waals surface area contributed by atoms with Crippen LogP contribution in [0.25, 0.3) is 0 Å². The maximum absolute atomic E-state index is 11.6. The van der Waals surface area contributed by atoms with E-state index in [2.05, 4.69) is 16.0 Å². The van der Waals surface area contributed by atoms with Crippen LogP contribution in [0.1, 0.15) is 53.4 Å². The Morgan fingerprint density at radius 3 is 1.73 bits per heavy atom. The van der Waals surface area contributed by atoms with Gasteiger partial charge in [-0.25, -0.2) is 0 Å². The van der Waals surface area contributed by atoms with Crippen LogP contribution in [0.3, 0.4) is 0 Å². The lowest BCUT2D eigenvalue weighted by atomic mass is 10.1. The quantitative estimate of drug-likeness (QED) is 0.496. The Balaban J connectivity index is 0. The average molecular weight is 315 g/mol. The van der Waals surface area contributed by atoms with Crippen LogP contribution in [0, 0.1) is 0 Å². The first kappa shape index (κ1) is 23.0. The van der Waals surface area contributed by atoms with Crippen molar-refractivity contribution in [2.75, 3.05) is 20.6 Å². The summed E-state index contributed by atoms with van der Waals surface area (Å²) in [5.74, 6) is 0.0890. The van der Waals surface area contributed by atoms with Crippen molar-refractivity contribution in [2.24, 2.45) is 0 Å². The molecule has 6 nitrogen and oxygen atoms in total. The molecule has 130 valence electrons. The minimum Gasteiger partial charge on any atom is -0.356 e. The predicted octanol–water partition coefficient (Wildman–Crippen LogP) is 1.04. The van der Waals surface area contributed by atoms with Gasteiger partial charge < -0.3 is 16.0 Å². The molecule has 0 radical (unpaired) electrons. The summed E-state index contributed by atoms with van der Waals surface area (Å²) in [5.41, 5.74) is 0. The van der Waals surface area contributed by atoms with Crippen molar-refractivity contribution in [1.82, 2.24) is 16.0 Å². The average Bonchev–Trinajstić information content (AvgIpc) is 2.49. The molecule has 6 heteroatoms. The Hall–Kier alpha value is -1.27. The van der Waals surface area contributed by atoms with Gasteiger partial charge in [-0.15, -0.1) is 0 Å². The first-order valence-corrected chi connectivity index (χ1v) is 8.04. The molecule has 0 aliphatic carbocycles. The zero-order valence-electron chi connectivity index (χ0n) is 14.9. The molecule has 0 heterocycles. The van der Waals surface area contributed by atoms with Crippen molar-refractivity contribution in [3.63, 3.8) is 0 Å². The summed E-state index contributed by atoms with van der Waals surface area (Å²) >= 11 is 0. The Morgan fingerprint density at radius 1 is 0.864 bits per heavy atom. The molecule has 0 aromatic heterocycles. The Labute approximate surface area is 134 Å². The lowest BCUT2D eigenvalue weighted by molar-refractivity contribution is -0.122. The van der Waals surface area contributed by atoms with Crippen molar-refractivity contribution in [3.05, 3.63) is 0 Å². The molecule has 0 rings (SSSR count). The van der Waals surface area contributed by atoms with Gasteiger partial charge in [-0.2, -0.15) is 0 Å². The molecule has 0 bridgehead atoms. The van der Waals surface area contributed by atoms with E-state index in [-0.39, 0.29) is 29.6 Å². The molecule has 2 unspecified atom stereocenters. The number of rotatable bonds is 11. The fourth-order valence-corrected chi connectivity index (χ4v) is 2.00. The molecular weight excluding hydrogens is 282 g/mol. The van der Waals surface area contributed by atoms with E-state index in [4.69, 9.17) is 0 Å². The zero-order chi connectivity index (χ0) is 17.5. The molecular formula is C16H33N3O3. The summed E-state index contributed by atoms with van der Waals surface area (Å²) < 4.78 is 0. The van der Waals surface area contributed by atoms with Gasteiger partial charge >= 0.3 is 0 Å². The smallest absolute Gasteiger partial charge is 0.220 e. The van der Waals surface area contributed by atoms with Crippen LogP contribution < -0.4 is 16.0 Å². The molecule has 2 atom stereocenters. The second-order valence-corrected chi connectivity index (χ2v) is 4.93. The molecule has 0 spiro atoms. The van der Waals surface area contributed by atoms with Gasteiger partial charge in [0.25, 0.3) is 0 Å². The molecule has 0 fully saturated rings. The van der Waals surface area contributed by atoms with Crippen LogP contribution in [-0.4, -0.2) is 50.2 Å². The van der Waals surface area contributed by atoms with Crippen LogP contribution >= 0.6 is 0 Å². The van der Waals surface area contributed by atoms with Gasteiger partial charge in [-0.1, -0.05) is 13.8 Å². The molecule has 1 amide bonds. The van der Waals surface area contributed by atoms with Crippen LogP contribution in [-0.2, 0) is 14.4 Å². The topological polar surface area (TPSA) is 87.3 Å². The summed E-state index contributed by atoms with van der Waals surface area (Å²) in [5, 5.41) is 8.63. The molecule has 0 aromatic carbocycles. The number of likely N-dealkylation sites (N-methyl/N-ethyl adjacent to an activating group) is 2. The predicted molar refractivity (Wildman–Crippen MR) is 89.9 cm³/mol. The van der Waals surface area contributed by atoms with Crippen molar-refractivity contribution in [3.8, 4) is 0 Å². The third-order valence-corrected chi connectivity index (χ3v) is 3.33. The van der Waals surface area contributed by atoms with Gasteiger partial charge in [0.15, 0.2) is 0 Å². The third-order valence-electron chi connectivity index (χ3n) is 3.33. The number of hydrogen-bond acceptors (Lipinski definition) is 5. The summed E-state index contributed by atoms with van der Waals surface area (Å²) in [6.07, 6.45) is 2.29. The number of Topliss-reactive ketones (excluding diaryl/α,β-unsaturated/α-hetero) is 2. The van der Waals surface area contributed by atoms with E-state index in [0.717, 1.165) is 6.42 Å². The second-order valence-electron chi connectivity index (χ2n) is 4.93. The minimum absolute atomic E-state index is 0.0404. The van der Waals surface area contributed by atoms with Gasteiger partial charge in [0.2, 0.25) is 5.91 Å². The van der Waals surface area contributed by atoms with E-state index in [0.29, 0.717) is 25.8 Å². The number of nitrogens with one attached hydrogen (secondary N) is 3. The lowest BCUT2D eigenvalue weighted by Gasteiger charge is -2.14. The highest BCUT2D eigenvalue weighted by Gasteiger charge is 2.14. The standard InChI is InChI=1S/C14H27N3O3.C2H6/c1-10(18)12(15-3)6-5-9-17-14(20)8-7-13(16-4)11(2)19;1-2/h12-13,15-16H,5-9H2,1-4H3,(H,17,20);1-2H3. The molecule has 0 aromatic rings. The summed E-state index contributed by atoms with van der Waals surface area (Å²) in [6, 6.07) is -0.398. The zero-order valence-corrected chi connectivity index (χ0v) is 14.9. The highest BCUT2D eigenvalue weighted by molar-refractivity contribution is 5.83. The van der Waals surface area contributed by atoms with E-state index >= 15 is 0 Å². The van der Waals surface area contributed by atoms with E-state index in [1.807, 2.05) is 13.8 Å². The van der Waals surface area contributed by atoms with Gasteiger partial charge in [0.1, 0.15) is 11.6 Å². The molecule has 0 aliphatic rings. The monoisotopic (exact) mass is 315 g/mol. The maximum Gasteiger partial charge on any atom is 0.220 e. The van der Waals surface area contributed by atoms with Crippen LogP contribution in [0.15, 0.2) is 0 Å².